The van der Waals surface area contributed by atoms with E-state index in [9.17, 15) is 14.0 Å². The van der Waals surface area contributed by atoms with Crippen LogP contribution in [-0.2, 0) is 9.59 Å². The highest BCUT2D eigenvalue weighted by atomic mass is 19.1. The number of hydrogen-bond acceptors (Lipinski definition) is 2. The molecule has 0 heterocycles. The summed E-state index contributed by atoms with van der Waals surface area (Å²) < 4.78 is 12.8. The van der Waals surface area contributed by atoms with Gasteiger partial charge < -0.3 is 10.6 Å². The summed E-state index contributed by atoms with van der Waals surface area (Å²) in [7, 11) is 0. The lowest BCUT2D eigenvalue weighted by atomic mass is 10.1. The van der Waals surface area contributed by atoms with Crippen LogP contribution in [0.3, 0.4) is 0 Å². The maximum absolute atomic E-state index is 12.8. The van der Waals surface area contributed by atoms with E-state index < -0.39 is 17.6 Å². The van der Waals surface area contributed by atoms with Gasteiger partial charge >= 0.3 is 11.8 Å². The van der Waals surface area contributed by atoms with Crippen LogP contribution in [0, 0.1) is 19.7 Å². The molecule has 0 aromatic heterocycles. The van der Waals surface area contributed by atoms with Crippen molar-refractivity contribution in [1.82, 2.24) is 0 Å². The van der Waals surface area contributed by atoms with Gasteiger partial charge in [-0.3, -0.25) is 9.59 Å². The Morgan fingerprint density at radius 2 is 1.52 bits per heavy atom. The molecule has 21 heavy (non-hydrogen) atoms. The largest absolute Gasteiger partial charge is 0.318 e. The predicted octanol–water partition coefficient (Wildman–Crippen LogP) is 3.02. The Labute approximate surface area is 122 Å². The zero-order valence-corrected chi connectivity index (χ0v) is 11.7. The van der Waals surface area contributed by atoms with Gasteiger partial charge in [0.1, 0.15) is 5.82 Å². The molecule has 0 saturated carbocycles. The second-order valence-corrected chi connectivity index (χ2v) is 4.73. The van der Waals surface area contributed by atoms with E-state index in [-0.39, 0.29) is 0 Å². The molecule has 0 spiro atoms. The molecule has 2 amide bonds. The molecule has 2 aromatic rings. The molecule has 5 heteroatoms. The van der Waals surface area contributed by atoms with E-state index in [0.29, 0.717) is 11.4 Å². The predicted molar refractivity (Wildman–Crippen MR) is 79.6 cm³/mol. The van der Waals surface area contributed by atoms with Crippen LogP contribution in [0.25, 0.3) is 0 Å². The molecule has 0 radical (unpaired) electrons. The van der Waals surface area contributed by atoms with Gasteiger partial charge in [-0.15, -0.1) is 0 Å². The molecule has 0 saturated heterocycles. The van der Waals surface area contributed by atoms with Crippen molar-refractivity contribution in [2.24, 2.45) is 0 Å². The molecule has 0 atom stereocenters. The van der Waals surface area contributed by atoms with Gasteiger partial charge in [-0.25, -0.2) is 4.39 Å². The van der Waals surface area contributed by atoms with Crippen LogP contribution in [0.1, 0.15) is 11.1 Å². The maximum atomic E-state index is 12.8. The van der Waals surface area contributed by atoms with Crippen molar-refractivity contribution < 1.29 is 14.0 Å². The van der Waals surface area contributed by atoms with Gasteiger partial charge in [0.05, 0.1) is 0 Å². The fourth-order valence-electron chi connectivity index (χ4n) is 1.85. The minimum Gasteiger partial charge on any atom is -0.318 e. The van der Waals surface area contributed by atoms with E-state index in [1.54, 1.807) is 6.07 Å². The molecular formula is C16H15FN2O2. The SMILES string of the molecule is Cc1ccc(NC(=O)C(=O)Nc2ccc(F)cc2)c(C)c1. The molecule has 0 fully saturated rings. The lowest BCUT2D eigenvalue weighted by Crippen LogP contribution is -2.29. The molecule has 0 aliphatic heterocycles. The summed E-state index contributed by atoms with van der Waals surface area (Å²) in [5.74, 6) is -1.99. The number of amides is 2. The third-order valence-corrected chi connectivity index (χ3v) is 2.94. The van der Waals surface area contributed by atoms with Crippen LogP contribution in [0.4, 0.5) is 15.8 Å². The summed E-state index contributed by atoms with van der Waals surface area (Å²) in [6, 6.07) is 10.7. The van der Waals surface area contributed by atoms with Gasteiger partial charge in [-0.05, 0) is 49.7 Å². The summed E-state index contributed by atoms with van der Waals surface area (Å²) in [6.07, 6.45) is 0. The molecule has 0 unspecified atom stereocenters. The number of anilines is 2. The van der Waals surface area contributed by atoms with Crippen molar-refractivity contribution >= 4 is 23.2 Å². The Morgan fingerprint density at radius 3 is 2.14 bits per heavy atom. The second kappa shape index (κ2) is 6.17. The number of benzene rings is 2. The Kier molecular flexibility index (Phi) is 4.33. The second-order valence-electron chi connectivity index (χ2n) is 4.73. The van der Waals surface area contributed by atoms with Crippen molar-refractivity contribution in [3.8, 4) is 0 Å². The number of rotatable bonds is 2. The number of aryl methyl sites for hydroxylation is 2. The van der Waals surface area contributed by atoms with Crippen molar-refractivity contribution in [3.05, 3.63) is 59.4 Å². The van der Waals surface area contributed by atoms with Crippen LogP contribution < -0.4 is 10.6 Å². The van der Waals surface area contributed by atoms with Gasteiger partial charge in [0.25, 0.3) is 0 Å². The van der Waals surface area contributed by atoms with Crippen LogP contribution in [0.5, 0.6) is 0 Å². The van der Waals surface area contributed by atoms with E-state index in [0.717, 1.165) is 11.1 Å². The molecule has 0 aliphatic carbocycles. The molecule has 108 valence electrons. The summed E-state index contributed by atoms with van der Waals surface area (Å²) in [5, 5.41) is 4.95. The number of hydrogen-bond donors (Lipinski definition) is 2. The number of halogens is 1. The number of nitrogens with one attached hydrogen (secondary N) is 2. The minimum absolute atomic E-state index is 0.358. The summed E-state index contributed by atoms with van der Waals surface area (Å²) >= 11 is 0. The monoisotopic (exact) mass is 286 g/mol. The first kappa shape index (κ1) is 14.7. The van der Waals surface area contributed by atoms with E-state index >= 15 is 0 Å². The fraction of sp³-hybridized carbons (Fsp3) is 0.125. The molecule has 2 N–H and O–H groups in total. The van der Waals surface area contributed by atoms with Gasteiger partial charge in [-0.2, -0.15) is 0 Å². The summed E-state index contributed by atoms with van der Waals surface area (Å²) in [6.45, 7) is 3.79. The Bertz CT molecular complexity index is 681. The highest BCUT2D eigenvalue weighted by Crippen LogP contribution is 2.16. The lowest BCUT2D eigenvalue weighted by Gasteiger charge is -2.09. The van der Waals surface area contributed by atoms with Crippen LogP contribution in [0.2, 0.25) is 0 Å². The molecule has 2 rings (SSSR count). The quantitative estimate of drug-likeness (QED) is 0.834. The minimum atomic E-state index is -0.804. The average Bonchev–Trinajstić information content (AvgIpc) is 2.44. The van der Waals surface area contributed by atoms with Crippen molar-refractivity contribution in [1.29, 1.82) is 0 Å². The van der Waals surface area contributed by atoms with Crippen molar-refractivity contribution in [3.63, 3.8) is 0 Å². The van der Waals surface area contributed by atoms with Gasteiger partial charge in [0.2, 0.25) is 0 Å². The Hall–Kier alpha value is -2.69. The van der Waals surface area contributed by atoms with Crippen molar-refractivity contribution in [2.75, 3.05) is 10.6 Å². The molecular weight excluding hydrogens is 271 g/mol. The third kappa shape index (κ3) is 3.89. The maximum Gasteiger partial charge on any atom is 0.314 e. The summed E-state index contributed by atoms with van der Waals surface area (Å²) in [4.78, 5) is 23.6. The van der Waals surface area contributed by atoms with Gasteiger partial charge in [0, 0.05) is 11.4 Å². The zero-order valence-electron chi connectivity index (χ0n) is 11.7. The highest BCUT2D eigenvalue weighted by molar-refractivity contribution is 6.43. The fourth-order valence-corrected chi connectivity index (χ4v) is 1.85. The number of carbonyl (C=O) groups is 2. The standard InChI is InChI=1S/C16H15FN2O2/c1-10-3-8-14(11(2)9-10)19-16(21)15(20)18-13-6-4-12(17)5-7-13/h3-9H,1-2H3,(H,18,20)(H,19,21). The van der Waals surface area contributed by atoms with Crippen LogP contribution >= 0.6 is 0 Å². The average molecular weight is 286 g/mol. The topological polar surface area (TPSA) is 58.2 Å². The number of carbonyl (C=O) groups excluding carboxylic acids is 2. The molecule has 4 nitrogen and oxygen atoms in total. The normalized spacial score (nSPS) is 10.0. The highest BCUT2D eigenvalue weighted by Gasteiger charge is 2.14. The molecule has 2 aromatic carbocycles. The Morgan fingerprint density at radius 1 is 0.905 bits per heavy atom. The zero-order chi connectivity index (χ0) is 15.4. The van der Waals surface area contributed by atoms with E-state index in [4.69, 9.17) is 0 Å². The first-order valence-electron chi connectivity index (χ1n) is 6.41. The molecule has 0 bridgehead atoms. The van der Waals surface area contributed by atoms with E-state index in [2.05, 4.69) is 10.6 Å². The van der Waals surface area contributed by atoms with Crippen LogP contribution in [-0.4, -0.2) is 11.8 Å². The smallest absolute Gasteiger partial charge is 0.314 e. The molecule has 0 aliphatic rings. The first-order valence-corrected chi connectivity index (χ1v) is 6.41. The van der Waals surface area contributed by atoms with E-state index in [1.165, 1.54) is 24.3 Å². The summed E-state index contributed by atoms with van der Waals surface area (Å²) in [5.41, 5.74) is 2.89. The Balaban J connectivity index is 2.02. The first-order chi connectivity index (χ1) is 9.95. The van der Waals surface area contributed by atoms with Crippen LogP contribution in [0.15, 0.2) is 42.5 Å². The van der Waals surface area contributed by atoms with Gasteiger partial charge in [0.15, 0.2) is 0 Å². The lowest BCUT2D eigenvalue weighted by molar-refractivity contribution is -0.133. The van der Waals surface area contributed by atoms with Gasteiger partial charge in [-0.1, -0.05) is 17.7 Å². The van der Waals surface area contributed by atoms with Crippen molar-refractivity contribution in [2.45, 2.75) is 13.8 Å². The third-order valence-electron chi connectivity index (χ3n) is 2.94. The van der Waals surface area contributed by atoms with E-state index in [1.807, 2.05) is 26.0 Å².